The van der Waals surface area contributed by atoms with E-state index in [2.05, 4.69) is 78.8 Å². The van der Waals surface area contributed by atoms with E-state index < -0.39 is 10.4 Å². The third-order valence-corrected chi connectivity index (χ3v) is 56.1. The summed E-state index contributed by atoms with van der Waals surface area (Å²) in [5, 5.41) is 0. The summed E-state index contributed by atoms with van der Waals surface area (Å²) in [6.45, 7) is 14.4. The fourth-order valence-electron chi connectivity index (χ4n) is 1.12. The van der Waals surface area contributed by atoms with E-state index in [9.17, 15) is 0 Å². The van der Waals surface area contributed by atoms with Gasteiger partial charge in [-0.1, -0.05) is 0 Å². The molecule has 0 aliphatic rings. The summed E-state index contributed by atoms with van der Waals surface area (Å²) in [6, 6.07) is 0. The molecule has 0 aromatic carbocycles. The fraction of sp³-hybridized carbons (Fsp3) is 1.00. The molecule has 0 aliphatic carbocycles. The molecule has 0 heterocycles. The van der Waals surface area contributed by atoms with Crippen molar-refractivity contribution in [2.24, 2.45) is 0 Å². The van der Waals surface area contributed by atoms with Crippen molar-refractivity contribution in [3.05, 3.63) is 0 Å². The van der Waals surface area contributed by atoms with Gasteiger partial charge in [-0.05, 0) is 0 Å². The molecule has 0 rings (SSSR count). The summed E-state index contributed by atoms with van der Waals surface area (Å²) >= 11 is 5.57. The molecule has 0 aliphatic heterocycles. The summed E-state index contributed by atoms with van der Waals surface area (Å²) in [4.78, 5) is 0. The van der Waals surface area contributed by atoms with Crippen LogP contribution in [0.1, 0.15) is 41.5 Å². The van der Waals surface area contributed by atoms with E-state index in [4.69, 9.17) is 0 Å². The first-order valence-electron chi connectivity index (χ1n) is 3.88. The monoisotopic (exact) mass is 488 g/mol. The fourth-order valence-corrected chi connectivity index (χ4v) is 7.55. The van der Waals surface area contributed by atoms with Crippen LogP contribution in [0.4, 0.5) is 0 Å². The minimum absolute atomic E-state index is 0.564. The molecular formula is C8H18I2Sn. The van der Waals surface area contributed by atoms with Crippen LogP contribution in [0, 0.1) is 0 Å². The Hall–Kier alpha value is 2.26. The molecule has 0 fully saturated rings. The van der Waals surface area contributed by atoms with Crippen LogP contribution in [0.2, 0.25) is 6.86 Å². The second-order valence-corrected chi connectivity index (χ2v) is 52.5. The van der Waals surface area contributed by atoms with Gasteiger partial charge in [-0.2, -0.15) is 0 Å². The molecule has 0 aromatic heterocycles. The van der Waals surface area contributed by atoms with Gasteiger partial charge in [-0.25, -0.2) is 0 Å². The average molecular weight is 487 g/mol. The summed E-state index contributed by atoms with van der Waals surface area (Å²) in [5.41, 5.74) is 0. The van der Waals surface area contributed by atoms with Gasteiger partial charge in [-0.15, -0.1) is 0 Å². The van der Waals surface area contributed by atoms with Gasteiger partial charge in [0, 0.05) is 0 Å². The van der Waals surface area contributed by atoms with Crippen molar-refractivity contribution in [1.29, 1.82) is 0 Å². The van der Waals surface area contributed by atoms with Crippen LogP contribution >= 0.6 is 37.3 Å². The van der Waals surface area contributed by atoms with Gasteiger partial charge < -0.3 is 0 Å². The van der Waals surface area contributed by atoms with Crippen molar-refractivity contribution in [2.45, 2.75) is 48.4 Å². The van der Waals surface area contributed by atoms with E-state index in [1.807, 2.05) is 0 Å². The molecule has 0 amide bonds. The standard InChI is InChI=1S/2C4H9.2HI.Sn/c2*1-4(2)3;;;/h2*1-3H3;2*1H;/q;;;;+2/p-2. The summed E-state index contributed by atoms with van der Waals surface area (Å²) in [6.07, 6.45) is 0. The minimum atomic E-state index is -1.92. The molecule has 0 atom stereocenters. The van der Waals surface area contributed by atoms with Gasteiger partial charge in [-0.3, -0.25) is 0 Å². The van der Waals surface area contributed by atoms with Crippen molar-refractivity contribution in [2.75, 3.05) is 0 Å². The van der Waals surface area contributed by atoms with Crippen molar-refractivity contribution in [3.8, 4) is 0 Å². The molecule has 0 saturated heterocycles. The first kappa shape index (κ1) is 13.3. The summed E-state index contributed by atoms with van der Waals surface area (Å²) in [5.74, 6) is 0. The number of hydrogen-bond donors (Lipinski definition) is 0. The van der Waals surface area contributed by atoms with E-state index in [0.717, 1.165) is 0 Å². The quantitative estimate of drug-likeness (QED) is 0.338. The Kier molecular flexibility index (Phi) is 4.56. The Morgan fingerprint density at radius 2 is 0.909 bits per heavy atom. The van der Waals surface area contributed by atoms with Crippen LogP contribution < -0.4 is 0 Å². The van der Waals surface area contributed by atoms with Gasteiger partial charge in [0.25, 0.3) is 0 Å². The zero-order valence-corrected chi connectivity index (χ0v) is 15.4. The molecule has 0 bridgehead atoms. The maximum absolute atomic E-state index is 2.79. The Labute approximate surface area is 94.5 Å². The Morgan fingerprint density at radius 1 is 0.727 bits per heavy atom. The third kappa shape index (κ3) is 3.14. The molecular weight excluding hydrogens is 469 g/mol. The van der Waals surface area contributed by atoms with Crippen molar-refractivity contribution < 1.29 is 0 Å². The van der Waals surface area contributed by atoms with Gasteiger partial charge >= 0.3 is 96.1 Å². The SMILES string of the molecule is C[C](C)(C)[Sn]([I])([I])[C](C)(C)C. The Morgan fingerprint density at radius 3 is 0.909 bits per heavy atom. The first-order chi connectivity index (χ1) is 4.50. The molecule has 0 saturated carbocycles. The van der Waals surface area contributed by atoms with E-state index in [-0.39, 0.29) is 0 Å². The van der Waals surface area contributed by atoms with Gasteiger partial charge in [0.05, 0.1) is 0 Å². The van der Waals surface area contributed by atoms with E-state index in [1.165, 1.54) is 0 Å². The predicted molar refractivity (Wildman–Crippen MR) is 73.2 cm³/mol. The maximum atomic E-state index is 2.79. The van der Waals surface area contributed by atoms with Gasteiger partial charge in [0.1, 0.15) is 0 Å². The van der Waals surface area contributed by atoms with E-state index >= 15 is 0 Å². The Balaban J connectivity index is 4.75. The first-order valence-corrected chi connectivity index (χ1v) is 23.4. The zero-order chi connectivity index (χ0) is 9.50. The van der Waals surface area contributed by atoms with Crippen LogP contribution in [0.5, 0.6) is 0 Å². The topological polar surface area (TPSA) is 0 Å². The molecule has 3 heteroatoms. The van der Waals surface area contributed by atoms with E-state index in [0.29, 0.717) is 6.86 Å². The molecule has 0 nitrogen and oxygen atoms in total. The molecule has 68 valence electrons. The van der Waals surface area contributed by atoms with Crippen molar-refractivity contribution in [3.63, 3.8) is 0 Å². The molecule has 0 unspecified atom stereocenters. The predicted octanol–water partition coefficient (Wildman–Crippen LogP) is 4.90. The van der Waals surface area contributed by atoms with Gasteiger partial charge in [0.15, 0.2) is 0 Å². The average Bonchev–Trinajstić information content (AvgIpc) is 1.58. The van der Waals surface area contributed by atoms with Gasteiger partial charge in [0.2, 0.25) is 0 Å². The van der Waals surface area contributed by atoms with Crippen molar-refractivity contribution in [1.82, 2.24) is 0 Å². The third-order valence-electron chi connectivity index (χ3n) is 1.88. The molecule has 0 N–H and O–H groups in total. The van der Waals surface area contributed by atoms with E-state index in [1.54, 1.807) is 0 Å². The zero-order valence-electron chi connectivity index (χ0n) is 8.26. The number of hydrogen-bond acceptors (Lipinski definition) is 0. The molecule has 0 spiro atoms. The van der Waals surface area contributed by atoms with Crippen LogP contribution in [0.3, 0.4) is 0 Å². The Bertz CT molecular complexity index is 123. The van der Waals surface area contributed by atoms with Crippen LogP contribution in [0.15, 0.2) is 0 Å². The van der Waals surface area contributed by atoms with Crippen molar-refractivity contribution >= 4 is 47.7 Å². The van der Waals surface area contributed by atoms with Crippen LogP contribution in [-0.4, -0.2) is 10.4 Å². The molecule has 11 heavy (non-hydrogen) atoms. The second kappa shape index (κ2) is 3.79. The summed E-state index contributed by atoms with van der Waals surface area (Å²) in [7, 11) is -1.92. The number of halogens is 2. The second-order valence-electron chi connectivity index (χ2n) is 5.07. The molecule has 0 radical (unpaired) electrons. The molecule has 0 aromatic rings. The van der Waals surface area contributed by atoms with Crippen LogP contribution in [-0.2, 0) is 0 Å². The number of rotatable bonds is 0. The summed E-state index contributed by atoms with van der Waals surface area (Å²) < 4.78 is 1.13. The van der Waals surface area contributed by atoms with Crippen LogP contribution in [0.25, 0.3) is 0 Å². The normalized spacial score (nSPS) is 15.3.